The molecule has 3 aromatic rings. The van der Waals surface area contributed by atoms with Crippen molar-refractivity contribution in [3.63, 3.8) is 0 Å². The molecule has 0 aliphatic carbocycles. The standard InChI is InChI=1S/C27H27ClN2O5/c1-3-33-26-17-20(9-13-25(26)35-16-15-34-22-7-5-4-6-8-22)10-14-27(32)30-24-12-11-21(18-23(24)28)29-19(2)31/h4-14,17-18H,3,15-16H2,1-2H3,(H,29,31)(H,30,32)/b14-10+. The van der Waals surface area contributed by atoms with Crippen LogP contribution >= 0.6 is 11.6 Å². The number of hydrogen-bond donors (Lipinski definition) is 2. The van der Waals surface area contributed by atoms with Gasteiger partial charge in [-0.15, -0.1) is 0 Å². The molecule has 0 heterocycles. The van der Waals surface area contributed by atoms with Crippen LogP contribution in [0.4, 0.5) is 11.4 Å². The van der Waals surface area contributed by atoms with E-state index in [0.717, 1.165) is 11.3 Å². The summed E-state index contributed by atoms with van der Waals surface area (Å²) in [7, 11) is 0. The van der Waals surface area contributed by atoms with Crippen LogP contribution in [-0.4, -0.2) is 31.6 Å². The highest BCUT2D eigenvalue weighted by Gasteiger charge is 2.08. The number of rotatable bonds is 11. The molecule has 35 heavy (non-hydrogen) atoms. The second-order valence-corrected chi connectivity index (χ2v) is 7.75. The number of halogens is 1. The van der Waals surface area contributed by atoms with E-state index in [1.165, 1.54) is 13.0 Å². The summed E-state index contributed by atoms with van der Waals surface area (Å²) in [5.74, 6) is 1.40. The van der Waals surface area contributed by atoms with E-state index in [1.807, 2.05) is 43.3 Å². The van der Waals surface area contributed by atoms with Crippen molar-refractivity contribution in [1.82, 2.24) is 0 Å². The van der Waals surface area contributed by atoms with Crippen LogP contribution in [0.2, 0.25) is 5.02 Å². The zero-order valence-electron chi connectivity index (χ0n) is 19.5. The van der Waals surface area contributed by atoms with Gasteiger partial charge in [0.2, 0.25) is 11.8 Å². The lowest BCUT2D eigenvalue weighted by atomic mass is 10.2. The van der Waals surface area contributed by atoms with E-state index in [2.05, 4.69) is 10.6 Å². The minimum Gasteiger partial charge on any atom is -0.490 e. The van der Waals surface area contributed by atoms with Crippen molar-refractivity contribution >= 4 is 40.9 Å². The van der Waals surface area contributed by atoms with Gasteiger partial charge in [-0.25, -0.2) is 0 Å². The first kappa shape index (κ1) is 25.6. The fraction of sp³-hybridized carbons (Fsp3) is 0.185. The lowest BCUT2D eigenvalue weighted by Gasteiger charge is -2.13. The smallest absolute Gasteiger partial charge is 0.248 e. The zero-order chi connectivity index (χ0) is 25.0. The minimum atomic E-state index is -0.351. The molecule has 0 atom stereocenters. The van der Waals surface area contributed by atoms with Crippen molar-refractivity contribution < 1.29 is 23.8 Å². The molecule has 7 nitrogen and oxygen atoms in total. The highest BCUT2D eigenvalue weighted by molar-refractivity contribution is 6.34. The Balaban J connectivity index is 1.57. The quantitative estimate of drug-likeness (QED) is 0.259. The van der Waals surface area contributed by atoms with Gasteiger partial charge in [0.15, 0.2) is 11.5 Å². The van der Waals surface area contributed by atoms with Crippen molar-refractivity contribution in [2.45, 2.75) is 13.8 Å². The van der Waals surface area contributed by atoms with E-state index in [9.17, 15) is 9.59 Å². The molecule has 0 saturated heterocycles. The Morgan fingerprint density at radius 2 is 1.66 bits per heavy atom. The average molecular weight is 495 g/mol. The van der Waals surface area contributed by atoms with Gasteiger partial charge in [-0.3, -0.25) is 9.59 Å². The number of amides is 2. The van der Waals surface area contributed by atoms with E-state index in [1.54, 1.807) is 36.4 Å². The maximum absolute atomic E-state index is 12.4. The topological polar surface area (TPSA) is 85.9 Å². The molecule has 182 valence electrons. The number of para-hydroxylation sites is 1. The fourth-order valence-electron chi connectivity index (χ4n) is 3.09. The predicted octanol–water partition coefficient (Wildman–Crippen LogP) is 5.81. The molecular formula is C27H27ClN2O5. The van der Waals surface area contributed by atoms with Crippen molar-refractivity contribution in [3.05, 3.63) is 83.4 Å². The van der Waals surface area contributed by atoms with Crippen LogP contribution in [0, 0.1) is 0 Å². The van der Waals surface area contributed by atoms with Crippen LogP contribution in [0.1, 0.15) is 19.4 Å². The van der Waals surface area contributed by atoms with Crippen molar-refractivity contribution in [1.29, 1.82) is 0 Å². The number of carbonyl (C=O) groups excluding carboxylic acids is 2. The van der Waals surface area contributed by atoms with Gasteiger partial charge in [0, 0.05) is 18.7 Å². The Bertz CT molecular complexity index is 1180. The van der Waals surface area contributed by atoms with Gasteiger partial charge in [-0.1, -0.05) is 35.9 Å². The van der Waals surface area contributed by atoms with Crippen LogP contribution in [0.5, 0.6) is 17.2 Å². The highest BCUT2D eigenvalue weighted by Crippen LogP contribution is 2.29. The Labute approximate surface area is 209 Å². The third-order valence-corrected chi connectivity index (χ3v) is 4.91. The van der Waals surface area contributed by atoms with Gasteiger partial charge in [-0.2, -0.15) is 0 Å². The molecule has 0 radical (unpaired) electrons. The van der Waals surface area contributed by atoms with Gasteiger partial charge in [0.05, 0.1) is 17.3 Å². The maximum atomic E-state index is 12.4. The summed E-state index contributed by atoms with van der Waals surface area (Å²) in [5.41, 5.74) is 1.75. The monoisotopic (exact) mass is 494 g/mol. The molecule has 0 aliphatic heterocycles. The second kappa shape index (κ2) is 13.1. The average Bonchev–Trinajstić information content (AvgIpc) is 2.84. The number of carbonyl (C=O) groups is 2. The molecule has 2 N–H and O–H groups in total. The predicted molar refractivity (Wildman–Crippen MR) is 138 cm³/mol. The molecule has 8 heteroatoms. The first-order chi connectivity index (χ1) is 16.9. The summed E-state index contributed by atoms with van der Waals surface area (Å²) in [6.07, 6.45) is 3.07. The highest BCUT2D eigenvalue weighted by atomic mass is 35.5. The Morgan fingerprint density at radius 1 is 0.886 bits per heavy atom. The summed E-state index contributed by atoms with van der Waals surface area (Å²) in [6.45, 7) is 4.51. The number of anilines is 2. The first-order valence-electron chi connectivity index (χ1n) is 11.1. The number of benzene rings is 3. The molecule has 0 bridgehead atoms. The Kier molecular flexibility index (Phi) is 9.57. The Morgan fingerprint density at radius 3 is 2.37 bits per heavy atom. The molecule has 2 amide bonds. The van der Waals surface area contributed by atoms with Crippen molar-refractivity contribution in [2.75, 3.05) is 30.5 Å². The van der Waals surface area contributed by atoms with Gasteiger partial charge in [0.25, 0.3) is 0 Å². The molecule has 0 spiro atoms. The normalized spacial score (nSPS) is 10.6. The van der Waals surface area contributed by atoms with Gasteiger partial charge >= 0.3 is 0 Å². The second-order valence-electron chi connectivity index (χ2n) is 7.35. The molecular weight excluding hydrogens is 468 g/mol. The number of hydrogen-bond acceptors (Lipinski definition) is 5. The molecule has 0 saturated carbocycles. The fourth-order valence-corrected chi connectivity index (χ4v) is 3.32. The molecule has 3 aromatic carbocycles. The summed E-state index contributed by atoms with van der Waals surface area (Å²) in [6, 6.07) is 19.8. The van der Waals surface area contributed by atoms with Crippen LogP contribution in [0.3, 0.4) is 0 Å². The number of nitrogens with one attached hydrogen (secondary N) is 2. The third kappa shape index (κ3) is 8.39. The van der Waals surface area contributed by atoms with E-state index in [4.69, 9.17) is 25.8 Å². The Hall–Kier alpha value is -3.97. The molecule has 0 aromatic heterocycles. The van der Waals surface area contributed by atoms with Crippen molar-refractivity contribution in [2.24, 2.45) is 0 Å². The van der Waals surface area contributed by atoms with Crippen LogP contribution in [0.25, 0.3) is 6.08 Å². The number of ether oxygens (including phenoxy) is 3. The van der Waals surface area contributed by atoms with E-state index in [0.29, 0.717) is 47.7 Å². The minimum absolute atomic E-state index is 0.204. The van der Waals surface area contributed by atoms with Gasteiger partial charge < -0.3 is 24.8 Å². The van der Waals surface area contributed by atoms with Crippen molar-refractivity contribution in [3.8, 4) is 17.2 Å². The van der Waals surface area contributed by atoms with Gasteiger partial charge in [-0.05, 0) is 61.0 Å². The summed E-state index contributed by atoms with van der Waals surface area (Å²) in [4.78, 5) is 23.5. The third-order valence-electron chi connectivity index (χ3n) is 4.59. The van der Waals surface area contributed by atoms with E-state index < -0.39 is 0 Å². The van der Waals surface area contributed by atoms with E-state index >= 15 is 0 Å². The largest absolute Gasteiger partial charge is 0.490 e. The molecule has 3 rings (SSSR count). The first-order valence-corrected chi connectivity index (χ1v) is 11.5. The van der Waals surface area contributed by atoms with Crippen LogP contribution in [0.15, 0.2) is 72.8 Å². The maximum Gasteiger partial charge on any atom is 0.248 e. The SMILES string of the molecule is CCOc1cc(/C=C/C(=O)Nc2ccc(NC(C)=O)cc2Cl)ccc1OCCOc1ccccc1. The molecule has 0 fully saturated rings. The molecule has 0 aliphatic rings. The molecule has 0 unspecified atom stereocenters. The lowest BCUT2D eigenvalue weighted by Crippen LogP contribution is -2.10. The summed E-state index contributed by atoms with van der Waals surface area (Å²) < 4.78 is 17.2. The lowest BCUT2D eigenvalue weighted by molar-refractivity contribution is -0.114. The van der Waals surface area contributed by atoms with Crippen LogP contribution in [-0.2, 0) is 9.59 Å². The van der Waals surface area contributed by atoms with Crippen LogP contribution < -0.4 is 24.8 Å². The summed E-state index contributed by atoms with van der Waals surface area (Å²) in [5, 5.41) is 5.67. The summed E-state index contributed by atoms with van der Waals surface area (Å²) >= 11 is 6.20. The van der Waals surface area contributed by atoms with E-state index in [-0.39, 0.29) is 11.8 Å². The zero-order valence-corrected chi connectivity index (χ0v) is 20.3. The van der Waals surface area contributed by atoms with Gasteiger partial charge in [0.1, 0.15) is 19.0 Å².